The van der Waals surface area contributed by atoms with Crippen LogP contribution < -0.4 is 10.6 Å². The molecule has 0 heterocycles. The largest absolute Gasteiger partial charge is 0.356 e. The van der Waals surface area contributed by atoms with Gasteiger partial charge in [-0.25, -0.2) is 0 Å². The van der Waals surface area contributed by atoms with Crippen molar-refractivity contribution < 1.29 is 9.59 Å². The molecule has 124 valence electrons. The standard InChI is InChI=1S/C17H34N2O2/c1-13(2)9-7-10-14(3)19-15(20)11-8-12-18-16(21)17(4,5)6/h13-14H,7-12H2,1-6H3,(H,18,21)(H,19,20). The van der Waals surface area contributed by atoms with E-state index in [9.17, 15) is 9.59 Å². The first-order valence-corrected chi connectivity index (χ1v) is 8.20. The van der Waals surface area contributed by atoms with Crippen LogP contribution in [0.2, 0.25) is 0 Å². The van der Waals surface area contributed by atoms with Crippen LogP contribution in [0.1, 0.15) is 73.6 Å². The molecule has 2 amide bonds. The number of carbonyl (C=O) groups excluding carboxylic acids is 2. The summed E-state index contributed by atoms with van der Waals surface area (Å²) in [7, 11) is 0. The summed E-state index contributed by atoms with van der Waals surface area (Å²) in [4.78, 5) is 23.4. The van der Waals surface area contributed by atoms with Crippen LogP contribution in [0.15, 0.2) is 0 Å². The Bertz CT molecular complexity index is 319. The van der Waals surface area contributed by atoms with Crippen molar-refractivity contribution in [2.24, 2.45) is 11.3 Å². The van der Waals surface area contributed by atoms with Gasteiger partial charge >= 0.3 is 0 Å². The molecule has 21 heavy (non-hydrogen) atoms. The third-order valence-electron chi connectivity index (χ3n) is 3.37. The first kappa shape index (κ1) is 19.9. The molecule has 0 aromatic heterocycles. The van der Waals surface area contributed by atoms with E-state index in [1.54, 1.807) is 0 Å². The van der Waals surface area contributed by atoms with Gasteiger partial charge in [0.05, 0.1) is 0 Å². The van der Waals surface area contributed by atoms with Crippen molar-refractivity contribution in [1.82, 2.24) is 10.6 Å². The fourth-order valence-electron chi connectivity index (χ4n) is 1.97. The third-order valence-corrected chi connectivity index (χ3v) is 3.37. The molecule has 1 unspecified atom stereocenters. The van der Waals surface area contributed by atoms with Crippen LogP contribution in [0.5, 0.6) is 0 Å². The van der Waals surface area contributed by atoms with Crippen molar-refractivity contribution in [3.8, 4) is 0 Å². The Kier molecular flexibility index (Phi) is 9.31. The van der Waals surface area contributed by atoms with Crippen molar-refractivity contribution in [1.29, 1.82) is 0 Å². The van der Waals surface area contributed by atoms with Gasteiger partial charge in [0.2, 0.25) is 11.8 Å². The van der Waals surface area contributed by atoms with E-state index < -0.39 is 0 Å². The van der Waals surface area contributed by atoms with Crippen LogP contribution >= 0.6 is 0 Å². The fourth-order valence-corrected chi connectivity index (χ4v) is 1.97. The molecular weight excluding hydrogens is 264 g/mol. The van der Waals surface area contributed by atoms with Crippen molar-refractivity contribution in [2.75, 3.05) is 6.54 Å². The molecule has 4 heteroatoms. The summed E-state index contributed by atoms with van der Waals surface area (Å²) in [6, 6.07) is 0.236. The van der Waals surface area contributed by atoms with Gasteiger partial charge in [0.25, 0.3) is 0 Å². The molecule has 0 bridgehead atoms. The fraction of sp³-hybridized carbons (Fsp3) is 0.882. The SMILES string of the molecule is CC(C)CCCC(C)NC(=O)CCCNC(=O)C(C)(C)C. The van der Waals surface area contributed by atoms with Crippen LogP contribution in [0, 0.1) is 11.3 Å². The maximum Gasteiger partial charge on any atom is 0.225 e. The van der Waals surface area contributed by atoms with Crippen molar-refractivity contribution in [3.63, 3.8) is 0 Å². The average molecular weight is 298 g/mol. The molecule has 0 spiro atoms. The van der Waals surface area contributed by atoms with Gasteiger partial charge in [-0.15, -0.1) is 0 Å². The molecule has 0 fully saturated rings. The number of amides is 2. The van der Waals surface area contributed by atoms with E-state index in [0.717, 1.165) is 18.8 Å². The summed E-state index contributed by atoms with van der Waals surface area (Å²) in [5.74, 6) is 0.835. The van der Waals surface area contributed by atoms with Crippen LogP contribution in [0.3, 0.4) is 0 Å². The van der Waals surface area contributed by atoms with Crippen molar-refractivity contribution in [3.05, 3.63) is 0 Å². The predicted molar refractivity (Wildman–Crippen MR) is 88.0 cm³/mol. The van der Waals surface area contributed by atoms with Crippen LogP contribution in [-0.4, -0.2) is 24.4 Å². The molecule has 0 radical (unpaired) electrons. The molecule has 0 aromatic carbocycles. The summed E-state index contributed by atoms with van der Waals surface area (Å²) >= 11 is 0. The minimum Gasteiger partial charge on any atom is -0.356 e. The van der Waals surface area contributed by atoms with Gasteiger partial charge in [-0.3, -0.25) is 9.59 Å². The molecule has 0 rings (SSSR count). The molecular formula is C17H34N2O2. The molecule has 0 saturated heterocycles. The molecule has 0 aliphatic rings. The predicted octanol–water partition coefficient (Wildman–Crippen LogP) is 3.26. The number of hydrogen-bond donors (Lipinski definition) is 2. The summed E-state index contributed by atoms with van der Waals surface area (Å²) in [5, 5.41) is 5.88. The second kappa shape index (κ2) is 9.80. The monoisotopic (exact) mass is 298 g/mol. The Labute approximate surface area is 130 Å². The van der Waals surface area contributed by atoms with Crippen molar-refractivity contribution >= 4 is 11.8 Å². The Hall–Kier alpha value is -1.06. The van der Waals surface area contributed by atoms with Crippen molar-refractivity contribution in [2.45, 2.75) is 79.7 Å². The lowest BCUT2D eigenvalue weighted by atomic mass is 9.96. The zero-order valence-electron chi connectivity index (χ0n) is 14.7. The van der Waals surface area contributed by atoms with Gasteiger partial charge in [0.15, 0.2) is 0 Å². The number of rotatable bonds is 9. The third kappa shape index (κ3) is 11.3. The molecule has 1 atom stereocenters. The summed E-state index contributed by atoms with van der Waals surface area (Å²) < 4.78 is 0. The van der Waals surface area contributed by atoms with E-state index in [1.807, 2.05) is 20.8 Å². The second-order valence-corrected chi connectivity index (χ2v) is 7.40. The highest BCUT2D eigenvalue weighted by Crippen LogP contribution is 2.12. The highest BCUT2D eigenvalue weighted by Gasteiger charge is 2.20. The molecule has 0 saturated carbocycles. The lowest BCUT2D eigenvalue weighted by Gasteiger charge is -2.18. The summed E-state index contributed by atoms with van der Waals surface area (Å²) in [6.07, 6.45) is 4.55. The van der Waals surface area contributed by atoms with E-state index in [0.29, 0.717) is 19.4 Å². The highest BCUT2D eigenvalue weighted by atomic mass is 16.2. The van der Waals surface area contributed by atoms with E-state index >= 15 is 0 Å². The van der Waals surface area contributed by atoms with E-state index in [-0.39, 0.29) is 23.3 Å². The quantitative estimate of drug-likeness (QED) is 0.642. The average Bonchev–Trinajstić information content (AvgIpc) is 2.32. The topological polar surface area (TPSA) is 58.2 Å². The van der Waals surface area contributed by atoms with E-state index in [1.165, 1.54) is 6.42 Å². The van der Waals surface area contributed by atoms with Gasteiger partial charge in [-0.05, 0) is 25.7 Å². The Morgan fingerprint density at radius 1 is 1.00 bits per heavy atom. The highest BCUT2D eigenvalue weighted by molar-refractivity contribution is 5.81. The lowest BCUT2D eigenvalue weighted by Crippen LogP contribution is -2.36. The molecule has 0 aliphatic carbocycles. The number of nitrogens with one attached hydrogen (secondary N) is 2. The number of hydrogen-bond acceptors (Lipinski definition) is 2. The van der Waals surface area contributed by atoms with Gasteiger partial charge in [0, 0.05) is 24.4 Å². The first-order valence-electron chi connectivity index (χ1n) is 8.20. The Balaban J connectivity index is 3.69. The zero-order chi connectivity index (χ0) is 16.5. The van der Waals surface area contributed by atoms with Crippen LogP contribution in [0.25, 0.3) is 0 Å². The van der Waals surface area contributed by atoms with Gasteiger partial charge in [0.1, 0.15) is 0 Å². The van der Waals surface area contributed by atoms with Gasteiger partial charge in [-0.1, -0.05) is 47.5 Å². The lowest BCUT2D eigenvalue weighted by molar-refractivity contribution is -0.128. The molecule has 0 aromatic rings. The zero-order valence-corrected chi connectivity index (χ0v) is 14.7. The molecule has 2 N–H and O–H groups in total. The maximum atomic E-state index is 11.8. The Morgan fingerprint density at radius 3 is 2.14 bits per heavy atom. The normalized spacial score (nSPS) is 13.1. The van der Waals surface area contributed by atoms with Crippen LogP contribution in [0.4, 0.5) is 0 Å². The van der Waals surface area contributed by atoms with E-state index in [2.05, 4.69) is 31.4 Å². The Morgan fingerprint density at radius 2 is 1.62 bits per heavy atom. The summed E-state index contributed by atoms with van der Waals surface area (Å²) in [6.45, 7) is 12.7. The summed E-state index contributed by atoms with van der Waals surface area (Å²) in [5.41, 5.74) is -0.368. The van der Waals surface area contributed by atoms with E-state index in [4.69, 9.17) is 0 Å². The second-order valence-electron chi connectivity index (χ2n) is 7.40. The molecule has 4 nitrogen and oxygen atoms in total. The van der Waals surface area contributed by atoms with Gasteiger partial charge < -0.3 is 10.6 Å². The minimum absolute atomic E-state index is 0.0324. The molecule has 0 aliphatic heterocycles. The number of carbonyl (C=O) groups is 2. The maximum absolute atomic E-state index is 11.8. The smallest absolute Gasteiger partial charge is 0.225 e. The van der Waals surface area contributed by atoms with Crippen LogP contribution in [-0.2, 0) is 9.59 Å². The van der Waals surface area contributed by atoms with Gasteiger partial charge in [-0.2, -0.15) is 0 Å². The minimum atomic E-state index is -0.368. The first-order chi connectivity index (χ1) is 9.62.